The van der Waals surface area contributed by atoms with E-state index in [1.807, 2.05) is 0 Å². The standard InChI is InChI=1S/C25H29F2N5O3/c1-31-20-13-28-25(29-15-11-17(26)21(24(34)35)18(27)12-15)30-22(20)32(16-8-4-5-9-16)19(23(31)33)10-14-6-2-3-7-14/h11-14,16,19H,2-10H2,1H3,(H,34,35)(H,28,29,30)/t19-/m1/s1. The van der Waals surface area contributed by atoms with Crippen LogP contribution in [-0.2, 0) is 4.79 Å². The molecule has 0 radical (unpaired) electrons. The maximum Gasteiger partial charge on any atom is 0.341 e. The number of carbonyl (C=O) groups excluding carboxylic acids is 1. The first-order valence-electron chi connectivity index (χ1n) is 12.3. The van der Waals surface area contributed by atoms with E-state index in [-0.39, 0.29) is 29.6 Å². The molecule has 1 aromatic carbocycles. The van der Waals surface area contributed by atoms with Crippen LogP contribution in [0.25, 0.3) is 0 Å². The van der Waals surface area contributed by atoms with Gasteiger partial charge in [0, 0.05) is 18.8 Å². The van der Waals surface area contributed by atoms with Crippen LogP contribution in [0, 0.1) is 17.6 Å². The zero-order chi connectivity index (χ0) is 24.7. The van der Waals surface area contributed by atoms with E-state index >= 15 is 0 Å². The monoisotopic (exact) mass is 485 g/mol. The van der Waals surface area contributed by atoms with Crippen molar-refractivity contribution in [1.82, 2.24) is 9.97 Å². The van der Waals surface area contributed by atoms with Crippen LogP contribution >= 0.6 is 0 Å². The zero-order valence-corrected chi connectivity index (χ0v) is 19.6. The van der Waals surface area contributed by atoms with Crippen LogP contribution in [0.3, 0.4) is 0 Å². The van der Waals surface area contributed by atoms with Crippen molar-refractivity contribution in [2.24, 2.45) is 5.92 Å². The number of halogens is 2. The number of rotatable bonds is 6. The van der Waals surface area contributed by atoms with Gasteiger partial charge < -0.3 is 20.2 Å². The lowest BCUT2D eigenvalue weighted by atomic mass is 9.93. The van der Waals surface area contributed by atoms with E-state index in [1.165, 1.54) is 12.8 Å². The number of aromatic carboxylic acids is 1. The van der Waals surface area contributed by atoms with Crippen LogP contribution in [0.1, 0.15) is 68.1 Å². The van der Waals surface area contributed by atoms with Gasteiger partial charge in [0.25, 0.3) is 0 Å². The number of hydrogen-bond acceptors (Lipinski definition) is 6. The van der Waals surface area contributed by atoms with Gasteiger partial charge in [0.05, 0.1) is 6.20 Å². The highest BCUT2D eigenvalue weighted by Gasteiger charge is 2.43. The Balaban J connectivity index is 1.50. The van der Waals surface area contributed by atoms with Gasteiger partial charge in [0.15, 0.2) is 5.82 Å². The highest BCUT2D eigenvalue weighted by Crippen LogP contribution is 2.42. The number of nitrogens with one attached hydrogen (secondary N) is 1. The Bertz CT molecular complexity index is 1120. The van der Waals surface area contributed by atoms with Crippen molar-refractivity contribution in [1.29, 1.82) is 0 Å². The molecule has 1 atom stereocenters. The van der Waals surface area contributed by atoms with Crippen LogP contribution in [0.4, 0.5) is 31.9 Å². The molecule has 2 saturated carbocycles. The maximum atomic E-state index is 14.2. The summed E-state index contributed by atoms with van der Waals surface area (Å²) in [5.74, 6) is -2.72. The number of carboxylic acids is 1. The van der Waals surface area contributed by atoms with Gasteiger partial charge >= 0.3 is 5.97 Å². The Morgan fingerprint density at radius 2 is 1.74 bits per heavy atom. The van der Waals surface area contributed by atoms with E-state index < -0.39 is 23.2 Å². The molecule has 3 aliphatic rings. The predicted octanol–water partition coefficient (Wildman–Crippen LogP) is 4.87. The van der Waals surface area contributed by atoms with E-state index in [9.17, 15) is 18.4 Å². The van der Waals surface area contributed by atoms with Crippen molar-refractivity contribution in [2.75, 3.05) is 22.2 Å². The molecule has 1 amide bonds. The SMILES string of the molecule is CN1C(=O)[C@@H](CC2CCCC2)N(C2CCCC2)c2nc(Nc3cc(F)c(C(=O)O)c(F)c3)ncc21. The number of nitrogens with zero attached hydrogens (tertiary/aromatic N) is 4. The first-order chi connectivity index (χ1) is 16.8. The number of carboxylic acid groups (broad SMARTS) is 1. The normalized spacial score (nSPS) is 21.0. The summed E-state index contributed by atoms with van der Waals surface area (Å²) in [6.07, 6.45) is 11.2. The quantitative estimate of drug-likeness (QED) is 0.602. The number of likely N-dealkylation sites (N-methyl/N-ethyl adjacent to an activating group) is 1. The van der Waals surface area contributed by atoms with Crippen LogP contribution in [0.2, 0.25) is 0 Å². The predicted molar refractivity (Wildman–Crippen MR) is 127 cm³/mol. The lowest BCUT2D eigenvalue weighted by molar-refractivity contribution is -0.120. The van der Waals surface area contributed by atoms with Gasteiger partial charge in [-0.3, -0.25) is 4.79 Å². The zero-order valence-electron chi connectivity index (χ0n) is 19.6. The number of aromatic nitrogens is 2. The largest absolute Gasteiger partial charge is 0.477 e. The Morgan fingerprint density at radius 1 is 1.11 bits per heavy atom. The van der Waals surface area contributed by atoms with E-state index in [2.05, 4.69) is 15.2 Å². The van der Waals surface area contributed by atoms with Gasteiger partial charge in [0.2, 0.25) is 11.9 Å². The maximum absolute atomic E-state index is 14.2. The second-order valence-electron chi connectivity index (χ2n) is 9.79. The van der Waals surface area contributed by atoms with Crippen LogP contribution in [-0.4, -0.2) is 46.1 Å². The average Bonchev–Trinajstić information content (AvgIpc) is 3.51. The smallest absolute Gasteiger partial charge is 0.341 e. The van der Waals surface area contributed by atoms with Gasteiger partial charge in [-0.15, -0.1) is 0 Å². The third kappa shape index (κ3) is 4.41. The van der Waals surface area contributed by atoms with Crippen LogP contribution in [0.5, 0.6) is 0 Å². The number of anilines is 4. The fraction of sp³-hybridized carbons (Fsp3) is 0.520. The molecule has 2 heterocycles. The molecule has 5 rings (SSSR count). The van der Waals surface area contributed by atoms with Crippen molar-refractivity contribution in [3.63, 3.8) is 0 Å². The van der Waals surface area contributed by atoms with E-state index in [1.54, 1.807) is 18.1 Å². The topological polar surface area (TPSA) is 98.7 Å². The summed E-state index contributed by atoms with van der Waals surface area (Å²) in [7, 11) is 1.74. The van der Waals surface area contributed by atoms with Gasteiger partial charge in [-0.05, 0) is 37.3 Å². The van der Waals surface area contributed by atoms with Crippen molar-refractivity contribution < 1.29 is 23.5 Å². The second kappa shape index (κ2) is 9.39. The van der Waals surface area contributed by atoms with E-state index in [4.69, 9.17) is 10.1 Å². The molecule has 0 unspecified atom stereocenters. The van der Waals surface area contributed by atoms with E-state index in [0.29, 0.717) is 17.4 Å². The number of benzene rings is 1. The number of hydrogen-bond donors (Lipinski definition) is 2. The fourth-order valence-corrected chi connectivity index (χ4v) is 5.83. The molecular weight excluding hydrogens is 456 g/mol. The molecular formula is C25H29F2N5O3. The van der Waals surface area contributed by atoms with Crippen LogP contribution < -0.4 is 15.1 Å². The minimum atomic E-state index is -1.68. The summed E-state index contributed by atoms with van der Waals surface area (Å²) in [6.45, 7) is 0. The molecule has 2 aliphatic carbocycles. The van der Waals surface area contributed by atoms with Gasteiger partial charge in [0.1, 0.15) is 28.9 Å². The molecule has 0 saturated heterocycles. The highest BCUT2D eigenvalue weighted by atomic mass is 19.1. The molecule has 10 heteroatoms. The summed E-state index contributed by atoms with van der Waals surface area (Å²) in [5.41, 5.74) is -0.405. The molecule has 1 aromatic heterocycles. The van der Waals surface area contributed by atoms with Gasteiger partial charge in [-0.25, -0.2) is 18.6 Å². The van der Waals surface area contributed by atoms with Crippen molar-refractivity contribution in [3.8, 4) is 0 Å². The summed E-state index contributed by atoms with van der Waals surface area (Å²) >= 11 is 0. The fourth-order valence-electron chi connectivity index (χ4n) is 5.83. The number of carbonyl (C=O) groups is 2. The molecule has 35 heavy (non-hydrogen) atoms. The van der Waals surface area contributed by atoms with Gasteiger partial charge in [-0.2, -0.15) is 4.98 Å². The van der Waals surface area contributed by atoms with Crippen molar-refractivity contribution >= 4 is 35.0 Å². The minimum absolute atomic E-state index is 0.000104. The Hall–Kier alpha value is -3.30. The number of amides is 1. The third-order valence-corrected chi connectivity index (χ3v) is 7.57. The summed E-state index contributed by atoms with van der Waals surface area (Å²) in [6, 6.07) is 1.71. The molecule has 2 aromatic rings. The molecule has 0 spiro atoms. The van der Waals surface area contributed by atoms with E-state index in [0.717, 1.165) is 57.1 Å². The molecule has 1 aliphatic heterocycles. The summed E-state index contributed by atoms with van der Waals surface area (Å²) in [4.78, 5) is 37.3. The van der Waals surface area contributed by atoms with Crippen molar-refractivity contribution in [2.45, 2.75) is 69.9 Å². The third-order valence-electron chi connectivity index (χ3n) is 7.57. The minimum Gasteiger partial charge on any atom is -0.477 e. The lowest BCUT2D eigenvalue weighted by Crippen LogP contribution is -2.56. The molecule has 186 valence electrons. The molecule has 0 bridgehead atoms. The number of fused-ring (bicyclic) bond motifs is 1. The first-order valence-corrected chi connectivity index (χ1v) is 12.3. The Labute approximate surface area is 202 Å². The Morgan fingerprint density at radius 3 is 2.37 bits per heavy atom. The average molecular weight is 486 g/mol. The van der Waals surface area contributed by atoms with Crippen molar-refractivity contribution in [3.05, 3.63) is 35.5 Å². The lowest BCUT2D eigenvalue weighted by Gasteiger charge is -2.44. The van der Waals surface area contributed by atoms with Gasteiger partial charge in [-0.1, -0.05) is 38.5 Å². The Kier molecular flexibility index (Phi) is 6.29. The van der Waals surface area contributed by atoms with Crippen LogP contribution in [0.15, 0.2) is 18.3 Å². The first kappa shape index (κ1) is 23.4. The molecule has 2 fully saturated rings. The molecule has 2 N–H and O–H groups in total. The highest BCUT2D eigenvalue weighted by molar-refractivity contribution is 6.04. The molecule has 8 nitrogen and oxygen atoms in total. The summed E-state index contributed by atoms with van der Waals surface area (Å²) in [5, 5.41) is 11.8. The summed E-state index contributed by atoms with van der Waals surface area (Å²) < 4.78 is 28.4. The second-order valence-corrected chi connectivity index (χ2v) is 9.79.